The van der Waals surface area contributed by atoms with Gasteiger partial charge in [-0.3, -0.25) is 0 Å². The van der Waals surface area contributed by atoms with Gasteiger partial charge in [-0.25, -0.2) is 0 Å². The van der Waals surface area contributed by atoms with Gasteiger partial charge >= 0.3 is 0 Å². The number of aliphatic hydroxyl groups is 2. The van der Waals surface area contributed by atoms with Crippen LogP contribution in [0.25, 0.3) is 0 Å². The van der Waals surface area contributed by atoms with Crippen molar-refractivity contribution in [3.8, 4) is 0 Å². The summed E-state index contributed by atoms with van der Waals surface area (Å²) in [6.45, 7) is 0.0507. The quantitative estimate of drug-likeness (QED) is 0.718. The summed E-state index contributed by atoms with van der Waals surface area (Å²) in [5, 5.41) is 19.3. The Morgan fingerprint density at radius 3 is 2.39 bits per heavy atom. The molecule has 2 aromatic rings. The molecule has 94 valence electrons. The van der Waals surface area contributed by atoms with Crippen LogP contribution in [0.4, 0.5) is 5.69 Å². The van der Waals surface area contributed by atoms with E-state index in [0.717, 1.165) is 11.1 Å². The van der Waals surface area contributed by atoms with Gasteiger partial charge in [-0.15, -0.1) is 0 Å². The van der Waals surface area contributed by atoms with Gasteiger partial charge in [0.2, 0.25) is 0 Å². The highest BCUT2D eigenvalue weighted by Gasteiger charge is 2.14. The Hall–Kier alpha value is -1.84. The lowest BCUT2D eigenvalue weighted by molar-refractivity contribution is 0.221. The number of para-hydroxylation sites is 1. The zero-order valence-electron chi connectivity index (χ0n) is 10.1. The van der Waals surface area contributed by atoms with Crippen molar-refractivity contribution in [2.45, 2.75) is 12.5 Å². The summed E-state index contributed by atoms with van der Waals surface area (Å²) in [7, 11) is 0. The lowest BCUT2D eigenvalue weighted by Crippen LogP contribution is -2.07. The number of anilines is 1. The highest BCUT2D eigenvalue weighted by atomic mass is 16.3. The van der Waals surface area contributed by atoms with Crippen molar-refractivity contribution in [1.82, 2.24) is 0 Å². The number of nitrogens with two attached hydrogens (primary N) is 1. The van der Waals surface area contributed by atoms with Gasteiger partial charge in [0.15, 0.2) is 0 Å². The lowest BCUT2D eigenvalue weighted by atomic mass is 9.96. The molecule has 3 heteroatoms. The molecule has 0 saturated carbocycles. The van der Waals surface area contributed by atoms with Crippen LogP contribution in [-0.2, 0) is 6.42 Å². The van der Waals surface area contributed by atoms with E-state index in [1.807, 2.05) is 48.5 Å². The predicted octanol–water partition coefficient (Wildman–Crippen LogP) is 1.89. The zero-order chi connectivity index (χ0) is 13.0. The number of aliphatic hydroxyl groups excluding tert-OH is 2. The maximum atomic E-state index is 10.3. The van der Waals surface area contributed by atoms with Crippen LogP contribution in [0.2, 0.25) is 0 Å². The van der Waals surface area contributed by atoms with Gasteiger partial charge in [0.1, 0.15) is 6.10 Å². The van der Waals surface area contributed by atoms with Crippen LogP contribution >= 0.6 is 0 Å². The number of hydrogen-bond donors (Lipinski definition) is 3. The average Bonchev–Trinajstić information content (AvgIpc) is 2.42. The third-order valence-corrected chi connectivity index (χ3v) is 3.02. The fourth-order valence-electron chi connectivity index (χ4n) is 2.02. The van der Waals surface area contributed by atoms with Crippen LogP contribution in [0.15, 0.2) is 48.5 Å². The first-order chi connectivity index (χ1) is 8.74. The summed E-state index contributed by atoms with van der Waals surface area (Å²) in [6, 6.07) is 14.9. The Labute approximate surface area is 107 Å². The van der Waals surface area contributed by atoms with Gasteiger partial charge in [0, 0.05) is 17.9 Å². The van der Waals surface area contributed by atoms with Crippen molar-refractivity contribution in [3.63, 3.8) is 0 Å². The Morgan fingerprint density at radius 1 is 1.00 bits per heavy atom. The first-order valence-electron chi connectivity index (χ1n) is 5.95. The van der Waals surface area contributed by atoms with E-state index in [9.17, 15) is 5.11 Å². The van der Waals surface area contributed by atoms with Crippen molar-refractivity contribution in [3.05, 3.63) is 65.2 Å². The lowest BCUT2D eigenvalue weighted by Gasteiger charge is -2.16. The van der Waals surface area contributed by atoms with Crippen molar-refractivity contribution >= 4 is 5.69 Å². The maximum absolute atomic E-state index is 10.3. The Kier molecular flexibility index (Phi) is 3.97. The SMILES string of the molecule is Nc1c(CCO)cccc1C(O)c1ccccc1. The van der Waals surface area contributed by atoms with E-state index in [1.54, 1.807) is 0 Å². The molecule has 0 aliphatic carbocycles. The zero-order valence-corrected chi connectivity index (χ0v) is 10.1. The van der Waals surface area contributed by atoms with Gasteiger partial charge in [-0.2, -0.15) is 0 Å². The molecule has 2 aromatic carbocycles. The smallest absolute Gasteiger partial charge is 0.106 e. The highest BCUT2D eigenvalue weighted by molar-refractivity contribution is 5.56. The van der Waals surface area contributed by atoms with Gasteiger partial charge < -0.3 is 15.9 Å². The maximum Gasteiger partial charge on any atom is 0.106 e. The molecule has 1 unspecified atom stereocenters. The first-order valence-corrected chi connectivity index (χ1v) is 5.95. The number of hydrogen-bond acceptors (Lipinski definition) is 3. The molecule has 1 atom stereocenters. The summed E-state index contributed by atoms with van der Waals surface area (Å²) in [6.07, 6.45) is -0.230. The largest absolute Gasteiger partial charge is 0.398 e. The molecule has 18 heavy (non-hydrogen) atoms. The average molecular weight is 243 g/mol. The molecular formula is C15H17NO2. The molecular weight excluding hydrogens is 226 g/mol. The number of nitrogen functional groups attached to an aromatic ring is 1. The molecule has 0 spiro atoms. The Morgan fingerprint density at radius 2 is 1.72 bits per heavy atom. The number of rotatable bonds is 4. The summed E-state index contributed by atoms with van der Waals surface area (Å²) in [5.41, 5.74) is 8.96. The summed E-state index contributed by atoms with van der Waals surface area (Å²) in [4.78, 5) is 0. The molecule has 4 N–H and O–H groups in total. The summed E-state index contributed by atoms with van der Waals surface area (Å²) in [5.74, 6) is 0. The van der Waals surface area contributed by atoms with E-state index in [1.165, 1.54) is 0 Å². The van der Waals surface area contributed by atoms with E-state index in [0.29, 0.717) is 17.7 Å². The van der Waals surface area contributed by atoms with Crippen LogP contribution in [0.1, 0.15) is 22.8 Å². The second kappa shape index (κ2) is 5.67. The number of benzene rings is 2. The van der Waals surface area contributed by atoms with Crippen molar-refractivity contribution in [1.29, 1.82) is 0 Å². The standard InChI is InChI=1S/C15H17NO2/c16-14-11(9-10-17)7-4-8-13(14)15(18)12-5-2-1-3-6-12/h1-8,15,17-18H,9-10,16H2. The Bertz CT molecular complexity index is 511. The van der Waals surface area contributed by atoms with E-state index in [2.05, 4.69) is 0 Å². The molecule has 0 aliphatic rings. The fourth-order valence-corrected chi connectivity index (χ4v) is 2.02. The van der Waals surface area contributed by atoms with Gasteiger partial charge in [-0.05, 0) is 17.5 Å². The molecule has 3 nitrogen and oxygen atoms in total. The third kappa shape index (κ3) is 2.53. The minimum Gasteiger partial charge on any atom is -0.398 e. The minimum absolute atomic E-state index is 0.0507. The van der Waals surface area contributed by atoms with Crippen LogP contribution in [0, 0.1) is 0 Å². The van der Waals surface area contributed by atoms with Crippen molar-refractivity contribution in [2.24, 2.45) is 0 Å². The molecule has 0 bridgehead atoms. The van der Waals surface area contributed by atoms with Crippen molar-refractivity contribution in [2.75, 3.05) is 12.3 Å². The summed E-state index contributed by atoms with van der Waals surface area (Å²) >= 11 is 0. The normalized spacial score (nSPS) is 12.3. The van der Waals surface area contributed by atoms with Gasteiger partial charge in [0.05, 0.1) is 0 Å². The molecule has 0 radical (unpaired) electrons. The highest BCUT2D eigenvalue weighted by Crippen LogP contribution is 2.28. The molecule has 0 fully saturated rings. The second-order valence-electron chi connectivity index (χ2n) is 4.21. The molecule has 0 saturated heterocycles. The fraction of sp³-hybridized carbons (Fsp3) is 0.200. The van der Waals surface area contributed by atoms with E-state index >= 15 is 0 Å². The molecule has 0 aromatic heterocycles. The van der Waals surface area contributed by atoms with Crippen LogP contribution in [0.5, 0.6) is 0 Å². The minimum atomic E-state index is -0.732. The Balaban J connectivity index is 2.36. The molecule has 0 heterocycles. The van der Waals surface area contributed by atoms with Crippen molar-refractivity contribution < 1.29 is 10.2 Å². The molecule has 0 aliphatic heterocycles. The monoisotopic (exact) mass is 243 g/mol. The first kappa shape index (κ1) is 12.6. The van der Waals surface area contributed by atoms with Gasteiger partial charge in [-0.1, -0.05) is 48.5 Å². The van der Waals surface area contributed by atoms with Gasteiger partial charge in [0.25, 0.3) is 0 Å². The van der Waals surface area contributed by atoms with Crippen LogP contribution in [-0.4, -0.2) is 16.8 Å². The predicted molar refractivity (Wildman–Crippen MR) is 72.1 cm³/mol. The topological polar surface area (TPSA) is 66.5 Å². The molecule has 2 rings (SSSR count). The van der Waals surface area contributed by atoms with E-state index in [4.69, 9.17) is 10.8 Å². The van der Waals surface area contributed by atoms with E-state index in [-0.39, 0.29) is 6.61 Å². The summed E-state index contributed by atoms with van der Waals surface area (Å²) < 4.78 is 0. The van der Waals surface area contributed by atoms with E-state index < -0.39 is 6.10 Å². The van der Waals surface area contributed by atoms with Crippen LogP contribution in [0.3, 0.4) is 0 Å². The molecule has 0 amide bonds. The third-order valence-electron chi connectivity index (χ3n) is 3.02. The second-order valence-corrected chi connectivity index (χ2v) is 4.21. The van der Waals surface area contributed by atoms with Crippen LogP contribution < -0.4 is 5.73 Å².